The number of aromatic nitrogens is 1. The quantitative estimate of drug-likeness (QED) is 0.600. The Labute approximate surface area is 145 Å². The number of rotatable bonds is 4. The monoisotopic (exact) mass is 384 g/mol. The van der Waals surface area contributed by atoms with E-state index in [1.807, 2.05) is 0 Å². The van der Waals surface area contributed by atoms with Gasteiger partial charge in [0.05, 0.1) is 5.69 Å². The van der Waals surface area contributed by atoms with Gasteiger partial charge in [-0.05, 0) is 30.3 Å². The maximum Gasteiger partial charge on any atom is 0.266 e. The summed E-state index contributed by atoms with van der Waals surface area (Å²) in [7, 11) is -4.30. The summed E-state index contributed by atoms with van der Waals surface area (Å²) in [6, 6.07) is 5.92. The van der Waals surface area contributed by atoms with Crippen molar-refractivity contribution in [3.05, 3.63) is 53.4 Å². The van der Waals surface area contributed by atoms with Gasteiger partial charge in [-0.3, -0.25) is 4.72 Å². The zero-order valence-electron chi connectivity index (χ0n) is 12.3. The van der Waals surface area contributed by atoms with Crippen LogP contribution in [0.25, 0.3) is 11.3 Å². The molecule has 0 amide bonds. The van der Waals surface area contributed by atoms with Gasteiger partial charge in [-0.2, -0.15) is 0 Å². The van der Waals surface area contributed by atoms with Crippen LogP contribution in [-0.4, -0.2) is 23.6 Å². The molecule has 0 saturated heterocycles. The molecule has 2 aromatic carbocycles. The van der Waals surface area contributed by atoms with Crippen molar-refractivity contribution >= 4 is 26.5 Å². The smallest absolute Gasteiger partial charge is 0.266 e. The zero-order chi connectivity index (χ0) is 18.2. The molecular formula is C15H10F2N2O4S2. The van der Waals surface area contributed by atoms with Gasteiger partial charge in [0.1, 0.15) is 28.0 Å². The average Bonchev–Trinajstić information content (AvgIpc) is 2.96. The van der Waals surface area contributed by atoms with Gasteiger partial charge >= 0.3 is 0 Å². The highest BCUT2D eigenvalue weighted by molar-refractivity contribution is 7.93. The van der Waals surface area contributed by atoms with E-state index in [1.54, 1.807) is 0 Å². The first-order chi connectivity index (χ1) is 11.8. The summed E-state index contributed by atoms with van der Waals surface area (Å²) in [4.78, 5) is 3.28. The van der Waals surface area contributed by atoms with E-state index in [1.165, 1.54) is 23.6 Å². The highest BCUT2D eigenvalue weighted by Crippen LogP contribution is 2.34. The minimum Gasteiger partial charge on any atom is -0.508 e. The van der Waals surface area contributed by atoms with Crippen LogP contribution < -0.4 is 4.72 Å². The minimum absolute atomic E-state index is 0.0820. The van der Waals surface area contributed by atoms with Crippen LogP contribution in [0.4, 0.5) is 13.9 Å². The van der Waals surface area contributed by atoms with E-state index in [0.717, 1.165) is 23.5 Å². The summed E-state index contributed by atoms with van der Waals surface area (Å²) < 4.78 is 53.1. The largest absolute Gasteiger partial charge is 0.508 e. The molecule has 25 heavy (non-hydrogen) atoms. The number of phenols is 2. The number of anilines is 1. The van der Waals surface area contributed by atoms with Gasteiger partial charge in [-0.1, -0.05) is 0 Å². The molecule has 6 nitrogen and oxygen atoms in total. The van der Waals surface area contributed by atoms with Gasteiger partial charge in [0.25, 0.3) is 10.0 Å². The lowest BCUT2D eigenvalue weighted by atomic mass is 10.1. The predicted octanol–water partition coefficient (Wildman–Crippen LogP) is 3.30. The zero-order valence-corrected chi connectivity index (χ0v) is 13.9. The Bertz CT molecular complexity index is 1050. The second kappa shape index (κ2) is 6.30. The standard InChI is InChI=1S/C15H10F2N2O4S2/c16-8-1-4-14(11(17)5-8)25(22,23)19-15-18-12(7-24-15)10-6-9(20)2-3-13(10)21/h1-7,20-21H,(H,18,19). The summed E-state index contributed by atoms with van der Waals surface area (Å²) in [5.41, 5.74) is 0.422. The lowest BCUT2D eigenvalue weighted by Gasteiger charge is -2.06. The van der Waals surface area contributed by atoms with E-state index < -0.39 is 26.6 Å². The third-order valence-electron chi connectivity index (χ3n) is 3.17. The molecule has 0 bridgehead atoms. The lowest BCUT2D eigenvalue weighted by molar-refractivity contribution is 0.462. The third-order valence-corrected chi connectivity index (χ3v) is 5.42. The molecule has 10 heteroatoms. The molecule has 1 heterocycles. The molecule has 0 aliphatic heterocycles. The first kappa shape index (κ1) is 17.1. The van der Waals surface area contributed by atoms with Crippen LogP contribution in [0.2, 0.25) is 0 Å². The number of hydrogen-bond acceptors (Lipinski definition) is 6. The van der Waals surface area contributed by atoms with Crippen LogP contribution in [0, 0.1) is 11.6 Å². The van der Waals surface area contributed by atoms with Crippen molar-refractivity contribution in [1.82, 2.24) is 4.98 Å². The maximum atomic E-state index is 13.7. The van der Waals surface area contributed by atoms with Crippen molar-refractivity contribution in [1.29, 1.82) is 0 Å². The fraction of sp³-hybridized carbons (Fsp3) is 0. The average molecular weight is 384 g/mol. The first-order valence-electron chi connectivity index (χ1n) is 6.72. The van der Waals surface area contributed by atoms with Crippen LogP contribution in [-0.2, 0) is 10.0 Å². The van der Waals surface area contributed by atoms with Gasteiger partial charge < -0.3 is 10.2 Å². The van der Waals surface area contributed by atoms with Crippen molar-refractivity contribution in [2.45, 2.75) is 4.90 Å². The number of nitrogens with zero attached hydrogens (tertiary/aromatic N) is 1. The lowest BCUT2D eigenvalue weighted by Crippen LogP contribution is -2.14. The number of phenolic OH excluding ortho intramolecular Hbond substituents is 2. The minimum atomic E-state index is -4.30. The number of benzene rings is 2. The number of thiazole rings is 1. The molecular weight excluding hydrogens is 374 g/mol. The van der Waals surface area contributed by atoms with Crippen LogP contribution in [0.15, 0.2) is 46.7 Å². The molecule has 0 saturated carbocycles. The summed E-state index contributed by atoms with van der Waals surface area (Å²) in [5.74, 6) is -2.37. The fourth-order valence-corrected chi connectivity index (χ4v) is 4.06. The fourth-order valence-electron chi connectivity index (χ4n) is 2.04. The van der Waals surface area contributed by atoms with Crippen molar-refractivity contribution in [2.24, 2.45) is 0 Å². The van der Waals surface area contributed by atoms with E-state index in [-0.39, 0.29) is 27.9 Å². The Balaban J connectivity index is 1.92. The van der Waals surface area contributed by atoms with Crippen molar-refractivity contribution in [2.75, 3.05) is 4.72 Å². The Morgan fingerprint density at radius 3 is 2.56 bits per heavy atom. The van der Waals surface area contributed by atoms with Gasteiger partial charge in [-0.25, -0.2) is 22.2 Å². The van der Waals surface area contributed by atoms with Crippen LogP contribution >= 0.6 is 11.3 Å². The second-order valence-corrected chi connectivity index (χ2v) is 7.43. The second-order valence-electron chi connectivity index (χ2n) is 4.92. The van der Waals surface area contributed by atoms with Crippen molar-refractivity contribution < 1.29 is 27.4 Å². The number of aromatic hydroxyl groups is 2. The molecule has 0 radical (unpaired) electrons. The van der Waals surface area contributed by atoms with Crippen LogP contribution in [0.5, 0.6) is 11.5 Å². The Kier molecular flexibility index (Phi) is 4.31. The summed E-state index contributed by atoms with van der Waals surface area (Å²) in [6.45, 7) is 0. The Hall–Kier alpha value is -2.72. The van der Waals surface area contributed by atoms with Gasteiger partial charge in [0.2, 0.25) is 0 Å². The summed E-state index contributed by atoms with van der Waals surface area (Å²) in [6.07, 6.45) is 0. The van der Waals surface area contributed by atoms with Crippen molar-refractivity contribution in [3.63, 3.8) is 0 Å². The molecule has 0 unspecified atom stereocenters. The van der Waals surface area contributed by atoms with Crippen LogP contribution in [0.3, 0.4) is 0 Å². The van der Waals surface area contributed by atoms with Gasteiger partial charge in [0.15, 0.2) is 5.13 Å². The molecule has 0 atom stereocenters. The molecule has 130 valence electrons. The molecule has 0 fully saturated rings. The number of hydrogen-bond donors (Lipinski definition) is 3. The molecule has 3 N–H and O–H groups in total. The third kappa shape index (κ3) is 3.54. The number of sulfonamides is 1. The molecule has 3 aromatic rings. The van der Waals surface area contributed by atoms with E-state index in [9.17, 15) is 27.4 Å². The van der Waals surface area contributed by atoms with E-state index >= 15 is 0 Å². The molecule has 0 aliphatic rings. The highest BCUT2D eigenvalue weighted by atomic mass is 32.2. The summed E-state index contributed by atoms with van der Waals surface area (Å²) >= 11 is 0.899. The number of halogens is 2. The topological polar surface area (TPSA) is 99.5 Å². The van der Waals surface area contributed by atoms with Gasteiger partial charge in [-0.15, -0.1) is 11.3 Å². The maximum absolute atomic E-state index is 13.7. The summed E-state index contributed by atoms with van der Waals surface area (Å²) in [5, 5.41) is 20.6. The molecule has 1 aromatic heterocycles. The van der Waals surface area contributed by atoms with E-state index in [4.69, 9.17) is 0 Å². The Morgan fingerprint density at radius 2 is 1.84 bits per heavy atom. The number of nitrogens with one attached hydrogen (secondary N) is 1. The van der Waals surface area contributed by atoms with E-state index in [0.29, 0.717) is 6.07 Å². The first-order valence-corrected chi connectivity index (χ1v) is 9.08. The van der Waals surface area contributed by atoms with Gasteiger partial charge in [0, 0.05) is 17.0 Å². The normalized spacial score (nSPS) is 11.4. The highest BCUT2D eigenvalue weighted by Gasteiger charge is 2.21. The van der Waals surface area contributed by atoms with Crippen LogP contribution in [0.1, 0.15) is 0 Å². The Morgan fingerprint density at radius 1 is 1.08 bits per heavy atom. The van der Waals surface area contributed by atoms with E-state index in [2.05, 4.69) is 9.71 Å². The predicted molar refractivity (Wildman–Crippen MR) is 88.0 cm³/mol. The SMILES string of the molecule is O=S(=O)(Nc1nc(-c2cc(O)ccc2O)cs1)c1ccc(F)cc1F. The molecule has 0 aliphatic carbocycles. The molecule has 3 rings (SSSR count). The molecule has 0 spiro atoms. The van der Waals surface area contributed by atoms with Crippen molar-refractivity contribution in [3.8, 4) is 22.8 Å².